The summed E-state index contributed by atoms with van der Waals surface area (Å²) in [5.74, 6) is -0.175. The minimum atomic E-state index is -0.470. The summed E-state index contributed by atoms with van der Waals surface area (Å²) in [7, 11) is 2.96. The maximum Gasteiger partial charge on any atom is 0.359 e. The first kappa shape index (κ1) is 16.5. The summed E-state index contributed by atoms with van der Waals surface area (Å²) >= 11 is 2.05. The van der Waals surface area contributed by atoms with Crippen molar-refractivity contribution in [3.05, 3.63) is 21.2 Å². The van der Waals surface area contributed by atoms with Gasteiger partial charge in [-0.2, -0.15) is 10.1 Å². The van der Waals surface area contributed by atoms with Gasteiger partial charge in [0.2, 0.25) is 5.88 Å². The number of aromatic nitrogens is 4. The van der Waals surface area contributed by atoms with E-state index >= 15 is 0 Å². The molecule has 9 heteroatoms. The largest absolute Gasteiger partial charge is 0.479 e. The molecule has 2 heterocycles. The zero-order chi connectivity index (χ0) is 16.3. The number of methoxy groups -OCH3 is 2. The highest BCUT2D eigenvalue weighted by Gasteiger charge is 2.23. The number of carbonyl (C=O) groups is 1. The van der Waals surface area contributed by atoms with Crippen LogP contribution in [0.4, 0.5) is 0 Å². The second-order valence-electron chi connectivity index (χ2n) is 4.13. The molecule has 0 aliphatic rings. The van der Waals surface area contributed by atoms with Crippen molar-refractivity contribution in [1.82, 2.24) is 19.7 Å². The zero-order valence-corrected chi connectivity index (χ0v) is 14.7. The van der Waals surface area contributed by atoms with Crippen LogP contribution in [-0.4, -0.2) is 46.5 Å². The van der Waals surface area contributed by atoms with Crippen molar-refractivity contribution in [3.63, 3.8) is 0 Å². The highest BCUT2D eigenvalue weighted by Crippen LogP contribution is 2.26. The van der Waals surface area contributed by atoms with E-state index in [1.807, 2.05) is 6.92 Å². The average Bonchev–Trinajstić information content (AvgIpc) is 2.83. The second-order valence-corrected chi connectivity index (χ2v) is 5.21. The van der Waals surface area contributed by atoms with Crippen LogP contribution in [0.5, 0.6) is 11.9 Å². The van der Waals surface area contributed by atoms with Gasteiger partial charge in [-0.3, -0.25) is 0 Å². The smallest absolute Gasteiger partial charge is 0.359 e. The molecule has 118 valence electrons. The van der Waals surface area contributed by atoms with Gasteiger partial charge >= 0.3 is 12.0 Å². The Labute approximate surface area is 140 Å². The quantitative estimate of drug-likeness (QED) is 0.540. The Morgan fingerprint density at radius 2 is 2.09 bits per heavy atom. The maximum absolute atomic E-state index is 11.9. The zero-order valence-electron chi connectivity index (χ0n) is 12.6. The van der Waals surface area contributed by atoms with Crippen LogP contribution in [0.2, 0.25) is 0 Å². The lowest BCUT2D eigenvalue weighted by molar-refractivity contribution is 0.0517. The Hall–Kier alpha value is -1.91. The molecule has 2 aromatic heterocycles. The minimum Gasteiger partial charge on any atom is -0.479 e. The molecule has 0 bridgehead atoms. The van der Waals surface area contributed by atoms with Gasteiger partial charge < -0.3 is 14.2 Å². The van der Waals surface area contributed by atoms with E-state index in [0.717, 1.165) is 5.69 Å². The lowest BCUT2D eigenvalue weighted by Gasteiger charge is -2.09. The van der Waals surface area contributed by atoms with Crippen LogP contribution < -0.4 is 9.47 Å². The fraction of sp³-hybridized carbons (Fsp3) is 0.385. The van der Waals surface area contributed by atoms with Crippen molar-refractivity contribution in [1.29, 1.82) is 0 Å². The Balaban J connectivity index is 2.54. The van der Waals surface area contributed by atoms with Gasteiger partial charge in [0.05, 0.1) is 36.3 Å². The third-order valence-electron chi connectivity index (χ3n) is 2.83. The van der Waals surface area contributed by atoms with Crippen LogP contribution in [0.1, 0.15) is 23.1 Å². The van der Waals surface area contributed by atoms with Gasteiger partial charge in [-0.25, -0.2) is 14.5 Å². The summed E-state index contributed by atoms with van der Waals surface area (Å²) in [5.41, 5.74) is 1.52. The van der Waals surface area contributed by atoms with Gasteiger partial charge in [0.25, 0.3) is 0 Å². The number of rotatable bonds is 5. The molecule has 2 rings (SSSR count). The van der Waals surface area contributed by atoms with Crippen LogP contribution in [0.15, 0.2) is 6.20 Å². The van der Waals surface area contributed by atoms with Crippen molar-refractivity contribution >= 4 is 28.6 Å². The molecular formula is C13H15IN4O4. The third-order valence-corrected chi connectivity index (χ3v) is 4.12. The number of nitrogens with zero attached hydrogens (tertiary/aromatic N) is 4. The molecule has 0 radical (unpaired) electrons. The molecule has 0 spiro atoms. The van der Waals surface area contributed by atoms with Crippen molar-refractivity contribution < 1.29 is 19.0 Å². The fourth-order valence-corrected chi connectivity index (χ4v) is 2.34. The van der Waals surface area contributed by atoms with Gasteiger partial charge in [-0.1, -0.05) is 0 Å². The average molecular weight is 418 g/mol. The van der Waals surface area contributed by atoms with E-state index in [1.165, 1.54) is 20.4 Å². The van der Waals surface area contributed by atoms with E-state index in [1.54, 1.807) is 11.6 Å². The molecule has 22 heavy (non-hydrogen) atoms. The van der Waals surface area contributed by atoms with E-state index in [2.05, 4.69) is 37.7 Å². The monoisotopic (exact) mass is 418 g/mol. The van der Waals surface area contributed by atoms with E-state index < -0.39 is 5.97 Å². The van der Waals surface area contributed by atoms with Crippen LogP contribution in [0.25, 0.3) is 5.69 Å². The first-order chi connectivity index (χ1) is 10.5. The molecule has 2 aromatic rings. The maximum atomic E-state index is 11.9. The number of halogens is 1. The number of hydrogen-bond donors (Lipinski definition) is 0. The van der Waals surface area contributed by atoms with Gasteiger partial charge in [0, 0.05) is 0 Å². The molecule has 0 aliphatic carbocycles. The Morgan fingerprint density at radius 3 is 2.68 bits per heavy atom. The molecule has 0 aliphatic heterocycles. The van der Waals surface area contributed by atoms with Gasteiger partial charge in [-0.15, -0.1) is 0 Å². The Morgan fingerprint density at radius 1 is 1.36 bits per heavy atom. The molecule has 0 aromatic carbocycles. The first-order valence-corrected chi connectivity index (χ1v) is 7.49. The van der Waals surface area contributed by atoms with Crippen LogP contribution >= 0.6 is 22.6 Å². The van der Waals surface area contributed by atoms with E-state index in [0.29, 0.717) is 15.1 Å². The van der Waals surface area contributed by atoms with Crippen molar-refractivity contribution in [2.24, 2.45) is 0 Å². The lowest BCUT2D eigenvalue weighted by atomic mass is 10.3. The summed E-state index contributed by atoms with van der Waals surface area (Å²) < 4.78 is 17.5. The molecular weight excluding hydrogens is 403 g/mol. The normalized spacial score (nSPS) is 10.4. The molecule has 0 saturated carbocycles. The van der Waals surface area contributed by atoms with E-state index in [4.69, 9.17) is 14.2 Å². The number of hydrogen-bond acceptors (Lipinski definition) is 7. The molecule has 0 fully saturated rings. The summed E-state index contributed by atoms with van der Waals surface area (Å²) in [6.45, 7) is 3.87. The predicted molar refractivity (Wildman–Crippen MR) is 85.7 cm³/mol. The van der Waals surface area contributed by atoms with Crippen molar-refractivity contribution in [2.75, 3.05) is 20.8 Å². The predicted octanol–water partition coefficient (Wildman–Crippen LogP) is 1.77. The number of esters is 1. The molecule has 8 nitrogen and oxygen atoms in total. The van der Waals surface area contributed by atoms with Gasteiger partial charge in [0.15, 0.2) is 5.69 Å². The number of carbonyl (C=O) groups excluding carboxylic acids is 1. The number of ether oxygens (including phenoxy) is 3. The third kappa shape index (κ3) is 2.98. The first-order valence-electron chi connectivity index (χ1n) is 6.41. The SMILES string of the molecule is CCOC(=O)c1nn(-c2cnc(OC)nc2OC)c(C)c1I. The topological polar surface area (TPSA) is 88.4 Å². The highest BCUT2D eigenvalue weighted by molar-refractivity contribution is 14.1. The molecule has 0 N–H and O–H groups in total. The van der Waals surface area contributed by atoms with Gasteiger partial charge in [-0.05, 0) is 36.4 Å². The highest BCUT2D eigenvalue weighted by atomic mass is 127. The molecule has 0 atom stereocenters. The molecule has 0 unspecified atom stereocenters. The van der Waals surface area contributed by atoms with E-state index in [-0.39, 0.29) is 18.3 Å². The summed E-state index contributed by atoms with van der Waals surface area (Å²) in [6, 6.07) is 0.186. The summed E-state index contributed by atoms with van der Waals surface area (Å²) in [5, 5.41) is 4.30. The lowest BCUT2D eigenvalue weighted by Crippen LogP contribution is -2.09. The van der Waals surface area contributed by atoms with Crippen LogP contribution in [0, 0.1) is 10.5 Å². The van der Waals surface area contributed by atoms with Gasteiger partial charge in [0.1, 0.15) is 5.69 Å². The molecule has 0 saturated heterocycles. The molecule has 0 amide bonds. The fourth-order valence-electron chi connectivity index (χ4n) is 1.79. The standard InChI is InChI=1S/C13H15IN4O4/c1-5-22-12(19)10-9(14)7(2)18(17-10)8-6-15-13(21-4)16-11(8)20-3/h6H,5H2,1-4H3. The second kappa shape index (κ2) is 6.90. The van der Waals surface area contributed by atoms with Crippen LogP contribution in [0.3, 0.4) is 0 Å². The minimum absolute atomic E-state index is 0.186. The van der Waals surface area contributed by atoms with E-state index in [9.17, 15) is 4.79 Å². The summed E-state index contributed by atoms with van der Waals surface area (Å²) in [4.78, 5) is 20.1. The Kier molecular flexibility index (Phi) is 5.16. The van der Waals surface area contributed by atoms with Crippen LogP contribution in [-0.2, 0) is 4.74 Å². The Bertz CT molecular complexity index is 702. The van der Waals surface area contributed by atoms with Crippen molar-refractivity contribution in [3.8, 4) is 17.6 Å². The summed E-state index contributed by atoms with van der Waals surface area (Å²) in [6.07, 6.45) is 1.52. The van der Waals surface area contributed by atoms with Crippen molar-refractivity contribution in [2.45, 2.75) is 13.8 Å².